The van der Waals surface area contributed by atoms with E-state index in [1.54, 1.807) is 17.3 Å². The molecular weight excluding hydrogens is 260 g/mol. The van der Waals surface area contributed by atoms with E-state index < -0.39 is 0 Å². The van der Waals surface area contributed by atoms with Gasteiger partial charge in [-0.15, -0.1) is 0 Å². The fourth-order valence-corrected chi connectivity index (χ4v) is 3.23. The van der Waals surface area contributed by atoms with Crippen molar-refractivity contribution in [2.75, 3.05) is 0 Å². The zero-order chi connectivity index (χ0) is 14.7. The Labute approximate surface area is 126 Å². The molecule has 1 aromatic carbocycles. The smallest absolute Gasteiger partial charge is 0.138 e. The van der Waals surface area contributed by atoms with Crippen molar-refractivity contribution in [3.63, 3.8) is 0 Å². The number of nitrogens with one attached hydrogen (secondary N) is 1. The van der Waals surface area contributed by atoms with E-state index in [4.69, 9.17) is 0 Å². The van der Waals surface area contributed by atoms with Gasteiger partial charge in [0.15, 0.2) is 0 Å². The summed E-state index contributed by atoms with van der Waals surface area (Å²) in [7, 11) is 0. The molecule has 1 aliphatic carbocycles. The molecule has 0 saturated heterocycles. The summed E-state index contributed by atoms with van der Waals surface area (Å²) < 4.78 is 1.78. The number of aromatic nitrogens is 3. The summed E-state index contributed by atoms with van der Waals surface area (Å²) in [5, 5.41) is 7.88. The molecule has 0 aliphatic heterocycles. The Kier molecular flexibility index (Phi) is 4.34. The summed E-state index contributed by atoms with van der Waals surface area (Å²) in [6.07, 6.45) is 7.32. The van der Waals surface area contributed by atoms with Gasteiger partial charge in [-0.25, -0.2) is 9.67 Å². The topological polar surface area (TPSA) is 42.7 Å². The van der Waals surface area contributed by atoms with Gasteiger partial charge in [0.1, 0.15) is 12.7 Å². The van der Waals surface area contributed by atoms with Crippen molar-refractivity contribution in [3.05, 3.63) is 42.5 Å². The van der Waals surface area contributed by atoms with Crippen LogP contribution in [-0.2, 0) is 6.54 Å². The van der Waals surface area contributed by atoms with Crippen LogP contribution < -0.4 is 5.32 Å². The van der Waals surface area contributed by atoms with E-state index in [1.807, 2.05) is 0 Å². The maximum atomic E-state index is 4.14. The van der Waals surface area contributed by atoms with Gasteiger partial charge in [0.05, 0.1) is 5.69 Å². The van der Waals surface area contributed by atoms with Crippen molar-refractivity contribution in [2.24, 2.45) is 11.8 Å². The molecule has 4 heteroatoms. The predicted octanol–water partition coefficient (Wildman–Crippen LogP) is 3.18. The second-order valence-corrected chi connectivity index (χ2v) is 6.26. The number of benzene rings is 1. The van der Waals surface area contributed by atoms with Gasteiger partial charge >= 0.3 is 0 Å². The Hall–Kier alpha value is -1.68. The number of nitrogens with zero attached hydrogens (tertiary/aromatic N) is 3. The monoisotopic (exact) mass is 284 g/mol. The molecule has 1 aliphatic rings. The Bertz CT molecular complexity index is 547. The van der Waals surface area contributed by atoms with Crippen molar-refractivity contribution in [2.45, 2.75) is 45.7 Å². The summed E-state index contributed by atoms with van der Waals surface area (Å²) >= 11 is 0. The van der Waals surface area contributed by atoms with Crippen LogP contribution in [0.2, 0.25) is 0 Å². The molecule has 112 valence electrons. The van der Waals surface area contributed by atoms with Crippen molar-refractivity contribution >= 4 is 0 Å². The molecule has 0 amide bonds. The fourth-order valence-electron chi connectivity index (χ4n) is 3.23. The first-order chi connectivity index (χ1) is 10.2. The molecule has 3 atom stereocenters. The van der Waals surface area contributed by atoms with Crippen molar-refractivity contribution in [1.82, 2.24) is 20.1 Å². The molecule has 1 aromatic heterocycles. The van der Waals surface area contributed by atoms with Crippen LogP contribution in [0.1, 0.15) is 38.7 Å². The molecule has 1 saturated carbocycles. The van der Waals surface area contributed by atoms with Gasteiger partial charge in [0.25, 0.3) is 0 Å². The minimum Gasteiger partial charge on any atom is -0.310 e. The normalized spacial score (nSPS) is 25.9. The third-order valence-corrected chi connectivity index (χ3v) is 4.89. The molecule has 4 nitrogen and oxygen atoms in total. The first-order valence-electron chi connectivity index (χ1n) is 7.91. The molecule has 0 radical (unpaired) electrons. The van der Waals surface area contributed by atoms with Crippen LogP contribution in [0.5, 0.6) is 0 Å². The summed E-state index contributed by atoms with van der Waals surface area (Å²) in [5.41, 5.74) is 2.38. The van der Waals surface area contributed by atoms with E-state index in [1.165, 1.54) is 24.8 Å². The quantitative estimate of drug-likeness (QED) is 0.937. The molecule has 1 heterocycles. The van der Waals surface area contributed by atoms with E-state index >= 15 is 0 Å². The highest BCUT2D eigenvalue weighted by Gasteiger charge is 2.26. The summed E-state index contributed by atoms with van der Waals surface area (Å²) in [6, 6.07) is 9.18. The summed E-state index contributed by atoms with van der Waals surface area (Å²) in [5.74, 6) is 1.61. The van der Waals surface area contributed by atoms with Crippen LogP contribution in [0.15, 0.2) is 36.9 Å². The zero-order valence-corrected chi connectivity index (χ0v) is 12.9. The van der Waals surface area contributed by atoms with E-state index in [2.05, 4.69) is 53.5 Å². The van der Waals surface area contributed by atoms with Gasteiger partial charge in [0.2, 0.25) is 0 Å². The maximum Gasteiger partial charge on any atom is 0.138 e. The van der Waals surface area contributed by atoms with Crippen LogP contribution in [0, 0.1) is 11.8 Å². The van der Waals surface area contributed by atoms with Gasteiger partial charge < -0.3 is 5.32 Å². The molecule has 21 heavy (non-hydrogen) atoms. The average Bonchev–Trinajstić information content (AvgIpc) is 3.04. The van der Waals surface area contributed by atoms with Crippen LogP contribution in [0.3, 0.4) is 0 Å². The average molecular weight is 284 g/mol. The van der Waals surface area contributed by atoms with Gasteiger partial charge in [-0.05, 0) is 36.0 Å². The standard InChI is InChI=1S/C17H24N4/c1-13-4-3-5-17(14(13)2)19-10-15-6-8-16(9-7-15)21-12-18-11-20-21/h6-9,11-14,17,19H,3-5,10H2,1-2H3. The van der Waals surface area contributed by atoms with E-state index in [0.29, 0.717) is 6.04 Å². The summed E-state index contributed by atoms with van der Waals surface area (Å²) in [4.78, 5) is 3.97. The molecule has 0 spiro atoms. The molecule has 2 aromatic rings. The lowest BCUT2D eigenvalue weighted by Gasteiger charge is -2.34. The van der Waals surface area contributed by atoms with Gasteiger partial charge in [-0.2, -0.15) is 5.10 Å². The molecule has 1 fully saturated rings. The van der Waals surface area contributed by atoms with E-state index in [9.17, 15) is 0 Å². The van der Waals surface area contributed by atoms with Crippen LogP contribution in [0.25, 0.3) is 5.69 Å². The lowest BCUT2D eigenvalue weighted by molar-refractivity contribution is 0.206. The minimum atomic E-state index is 0.656. The Morgan fingerprint density at radius 1 is 1.19 bits per heavy atom. The molecular formula is C17H24N4. The highest BCUT2D eigenvalue weighted by molar-refractivity contribution is 5.33. The van der Waals surface area contributed by atoms with Crippen LogP contribution >= 0.6 is 0 Å². The highest BCUT2D eigenvalue weighted by atomic mass is 15.3. The van der Waals surface area contributed by atoms with Gasteiger partial charge in [-0.3, -0.25) is 0 Å². The first-order valence-corrected chi connectivity index (χ1v) is 7.91. The second-order valence-electron chi connectivity index (χ2n) is 6.26. The highest BCUT2D eigenvalue weighted by Crippen LogP contribution is 2.29. The maximum absolute atomic E-state index is 4.14. The Morgan fingerprint density at radius 3 is 2.71 bits per heavy atom. The Balaban J connectivity index is 1.58. The predicted molar refractivity (Wildman–Crippen MR) is 84.2 cm³/mol. The van der Waals surface area contributed by atoms with Crippen LogP contribution in [0.4, 0.5) is 0 Å². The van der Waals surface area contributed by atoms with Crippen molar-refractivity contribution < 1.29 is 0 Å². The molecule has 3 rings (SSSR count). The first kappa shape index (κ1) is 14.3. The fraction of sp³-hybridized carbons (Fsp3) is 0.529. The largest absolute Gasteiger partial charge is 0.310 e. The van der Waals surface area contributed by atoms with Crippen molar-refractivity contribution in [3.8, 4) is 5.69 Å². The van der Waals surface area contributed by atoms with Gasteiger partial charge in [0, 0.05) is 12.6 Å². The minimum absolute atomic E-state index is 0.656. The SMILES string of the molecule is CC1CCCC(NCc2ccc(-n3cncn3)cc2)C1C. The van der Waals surface area contributed by atoms with Crippen molar-refractivity contribution in [1.29, 1.82) is 0 Å². The molecule has 1 N–H and O–H groups in total. The zero-order valence-electron chi connectivity index (χ0n) is 12.9. The molecule has 0 bridgehead atoms. The number of rotatable bonds is 4. The lowest BCUT2D eigenvalue weighted by atomic mass is 9.78. The number of hydrogen-bond acceptors (Lipinski definition) is 3. The van der Waals surface area contributed by atoms with E-state index in [-0.39, 0.29) is 0 Å². The Morgan fingerprint density at radius 2 is 2.00 bits per heavy atom. The lowest BCUT2D eigenvalue weighted by Crippen LogP contribution is -2.40. The number of hydrogen-bond donors (Lipinski definition) is 1. The summed E-state index contributed by atoms with van der Waals surface area (Å²) in [6.45, 7) is 5.71. The third-order valence-electron chi connectivity index (χ3n) is 4.89. The van der Waals surface area contributed by atoms with Crippen LogP contribution in [-0.4, -0.2) is 20.8 Å². The molecule has 3 unspecified atom stereocenters. The van der Waals surface area contributed by atoms with E-state index in [0.717, 1.165) is 24.1 Å². The van der Waals surface area contributed by atoms with Gasteiger partial charge in [-0.1, -0.05) is 38.8 Å². The second kappa shape index (κ2) is 6.39. The third kappa shape index (κ3) is 3.32.